The van der Waals surface area contributed by atoms with E-state index >= 15 is 0 Å². The molecule has 0 saturated heterocycles. The van der Waals surface area contributed by atoms with Gasteiger partial charge in [-0.25, -0.2) is 4.98 Å². The molecule has 3 rings (SSSR count). The fraction of sp³-hybridized carbons (Fsp3) is 0.571. The number of amides is 1. The fourth-order valence-electron chi connectivity index (χ4n) is 3.45. The molecule has 146 valence electrons. The van der Waals surface area contributed by atoms with Gasteiger partial charge in [0, 0.05) is 25.6 Å². The van der Waals surface area contributed by atoms with E-state index < -0.39 is 0 Å². The molecule has 27 heavy (non-hydrogen) atoms. The van der Waals surface area contributed by atoms with E-state index in [0.717, 1.165) is 25.8 Å². The normalized spacial score (nSPS) is 15.3. The highest BCUT2D eigenvalue weighted by Gasteiger charge is 2.36. The maximum atomic E-state index is 13.1. The van der Waals surface area contributed by atoms with Crippen LogP contribution in [-0.4, -0.2) is 52.4 Å². The lowest BCUT2D eigenvalue weighted by Crippen LogP contribution is -2.41. The van der Waals surface area contributed by atoms with Crippen LogP contribution in [0.2, 0.25) is 0 Å². The number of aromatic nitrogens is 2. The zero-order valence-electron chi connectivity index (χ0n) is 16.8. The maximum absolute atomic E-state index is 13.1. The standard InChI is InChI=1S/C21H30N4O2/c1-5-12-25-19(22-18-9-7-6-8-17(18)21(25)27)15(2)24(14-13-23(3)4)20(26)16-10-11-16/h6-9,15-16H,5,10-14H2,1-4H3. The molecule has 1 aliphatic carbocycles. The van der Waals surface area contributed by atoms with Gasteiger partial charge in [0.15, 0.2) is 0 Å². The van der Waals surface area contributed by atoms with E-state index in [1.807, 2.05) is 50.2 Å². The number of carbonyl (C=O) groups is 1. The molecule has 1 heterocycles. The summed E-state index contributed by atoms with van der Waals surface area (Å²) in [6.45, 7) is 6.08. The number of para-hydroxylation sites is 1. The second-order valence-electron chi connectivity index (χ2n) is 7.73. The first-order chi connectivity index (χ1) is 12.9. The summed E-state index contributed by atoms with van der Waals surface area (Å²) in [5.41, 5.74) is 0.680. The minimum absolute atomic E-state index is 0.0178. The van der Waals surface area contributed by atoms with Crippen molar-refractivity contribution in [1.82, 2.24) is 19.4 Å². The topological polar surface area (TPSA) is 58.4 Å². The second kappa shape index (κ2) is 8.21. The number of hydrogen-bond donors (Lipinski definition) is 0. The lowest BCUT2D eigenvalue weighted by atomic mass is 10.1. The van der Waals surface area contributed by atoms with Gasteiger partial charge in [0.25, 0.3) is 5.56 Å². The Morgan fingerprint density at radius 2 is 1.96 bits per heavy atom. The first-order valence-electron chi connectivity index (χ1n) is 9.88. The Morgan fingerprint density at radius 3 is 2.59 bits per heavy atom. The van der Waals surface area contributed by atoms with Crippen LogP contribution in [-0.2, 0) is 11.3 Å². The van der Waals surface area contributed by atoms with E-state index in [9.17, 15) is 9.59 Å². The molecule has 1 atom stereocenters. The lowest BCUT2D eigenvalue weighted by Gasteiger charge is -2.31. The van der Waals surface area contributed by atoms with Gasteiger partial charge >= 0.3 is 0 Å². The van der Waals surface area contributed by atoms with Crippen LogP contribution in [0.3, 0.4) is 0 Å². The van der Waals surface area contributed by atoms with Crippen LogP contribution in [0.1, 0.15) is 45.0 Å². The number of fused-ring (bicyclic) bond motifs is 1. The van der Waals surface area contributed by atoms with Crippen LogP contribution >= 0.6 is 0 Å². The molecular weight excluding hydrogens is 340 g/mol. The van der Waals surface area contributed by atoms with Crippen LogP contribution in [0.5, 0.6) is 0 Å². The third kappa shape index (κ3) is 4.21. The number of carbonyl (C=O) groups excluding carboxylic acids is 1. The highest BCUT2D eigenvalue weighted by Crippen LogP contribution is 2.33. The van der Waals surface area contributed by atoms with Gasteiger partial charge in [-0.3, -0.25) is 14.2 Å². The molecular formula is C21H30N4O2. The Kier molecular flexibility index (Phi) is 5.95. The molecule has 1 aromatic heterocycles. The summed E-state index contributed by atoms with van der Waals surface area (Å²) in [6.07, 6.45) is 2.78. The van der Waals surface area contributed by atoms with Gasteiger partial charge in [-0.15, -0.1) is 0 Å². The van der Waals surface area contributed by atoms with Crippen molar-refractivity contribution >= 4 is 16.8 Å². The van der Waals surface area contributed by atoms with Crippen LogP contribution in [0, 0.1) is 5.92 Å². The van der Waals surface area contributed by atoms with E-state index in [4.69, 9.17) is 4.98 Å². The van der Waals surface area contributed by atoms with Crippen LogP contribution in [0.4, 0.5) is 0 Å². The summed E-state index contributed by atoms with van der Waals surface area (Å²) < 4.78 is 1.76. The third-order valence-electron chi connectivity index (χ3n) is 5.18. The van der Waals surface area contributed by atoms with Gasteiger partial charge in [-0.2, -0.15) is 0 Å². The predicted octanol–water partition coefficient (Wildman–Crippen LogP) is 2.67. The average molecular weight is 370 g/mol. The zero-order valence-corrected chi connectivity index (χ0v) is 16.8. The second-order valence-corrected chi connectivity index (χ2v) is 7.73. The highest BCUT2D eigenvalue weighted by molar-refractivity contribution is 5.81. The monoisotopic (exact) mass is 370 g/mol. The molecule has 6 nitrogen and oxygen atoms in total. The molecule has 1 saturated carbocycles. The first-order valence-corrected chi connectivity index (χ1v) is 9.88. The van der Waals surface area contributed by atoms with E-state index in [0.29, 0.717) is 29.8 Å². The van der Waals surface area contributed by atoms with E-state index in [2.05, 4.69) is 11.8 Å². The van der Waals surface area contributed by atoms with Gasteiger partial charge in [0.05, 0.1) is 16.9 Å². The van der Waals surface area contributed by atoms with Gasteiger partial charge in [-0.1, -0.05) is 19.1 Å². The first kappa shape index (κ1) is 19.5. The molecule has 0 N–H and O–H groups in total. The smallest absolute Gasteiger partial charge is 0.261 e. The molecule has 0 spiro atoms. The molecule has 0 bridgehead atoms. The van der Waals surface area contributed by atoms with Gasteiger partial charge < -0.3 is 9.80 Å². The Balaban J connectivity index is 2.05. The van der Waals surface area contributed by atoms with Crippen molar-refractivity contribution in [3.8, 4) is 0 Å². The molecule has 1 unspecified atom stereocenters. The van der Waals surface area contributed by atoms with Crippen LogP contribution in [0.25, 0.3) is 10.9 Å². The van der Waals surface area contributed by atoms with Crippen LogP contribution in [0.15, 0.2) is 29.1 Å². The quantitative estimate of drug-likeness (QED) is 0.717. The van der Waals surface area contributed by atoms with Gasteiger partial charge in [-0.05, 0) is 52.4 Å². The Hall–Kier alpha value is -2.21. The summed E-state index contributed by atoms with van der Waals surface area (Å²) in [6, 6.07) is 7.22. The van der Waals surface area contributed by atoms with Crippen molar-refractivity contribution in [1.29, 1.82) is 0 Å². The maximum Gasteiger partial charge on any atom is 0.261 e. The van der Waals surface area contributed by atoms with E-state index in [1.165, 1.54) is 0 Å². The van der Waals surface area contributed by atoms with Crippen LogP contribution < -0.4 is 5.56 Å². The summed E-state index contributed by atoms with van der Waals surface area (Å²) in [5.74, 6) is 1.02. The number of rotatable bonds is 8. The van der Waals surface area contributed by atoms with E-state index in [-0.39, 0.29) is 23.4 Å². The number of hydrogen-bond acceptors (Lipinski definition) is 4. The largest absolute Gasteiger partial charge is 0.331 e. The van der Waals surface area contributed by atoms with Gasteiger partial charge in [0.1, 0.15) is 5.82 Å². The molecule has 0 radical (unpaired) electrons. The molecule has 1 aliphatic rings. The highest BCUT2D eigenvalue weighted by atomic mass is 16.2. The molecule has 2 aromatic rings. The Morgan fingerprint density at radius 1 is 1.26 bits per heavy atom. The van der Waals surface area contributed by atoms with Crippen molar-refractivity contribution < 1.29 is 4.79 Å². The Bertz CT molecular complexity index is 870. The number of benzene rings is 1. The molecule has 1 amide bonds. The summed E-state index contributed by atoms with van der Waals surface area (Å²) in [4.78, 5) is 34.8. The van der Waals surface area contributed by atoms with Crippen molar-refractivity contribution in [3.63, 3.8) is 0 Å². The third-order valence-corrected chi connectivity index (χ3v) is 5.18. The summed E-state index contributed by atoms with van der Waals surface area (Å²) in [5, 5.41) is 0.635. The molecule has 1 aromatic carbocycles. The van der Waals surface area contributed by atoms with Crippen molar-refractivity contribution in [3.05, 3.63) is 40.4 Å². The molecule has 0 aliphatic heterocycles. The lowest BCUT2D eigenvalue weighted by molar-refractivity contribution is -0.135. The number of likely N-dealkylation sites (N-methyl/N-ethyl adjacent to an activating group) is 1. The van der Waals surface area contributed by atoms with Crippen molar-refractivity contribution in [2.24, 2.45) is 5.92 Å². The number of nitrogens with zero attached hydrogens (tertiary/aromatic N) is 4. The minimum Gasteiger partial charge on any atom is -0.331 e. The zero-order chi connectivity index (χ0) is 19.6. The fourth-order valence-corrected chi connectivity index (χ4v) is 3.45. The summed E-state index contributed by atoms with van der Waals surface area (Å²) in [7, 11) is 4.01. The summed E-state index contributed by atoms with van der Waals surface area (Å²) >= 11 is 0. The van der Waals surface area contributed by atoms with Crippen molar-refractivity contribution in [2.75, 3.05) is 27.2 Å². The van der Waals surface area contributed by atoms with E-state index in [1.54, 1.807) is 4.57 Å². The average Bonchev–Trinajstić information content (AvgIpc) is 3.48. The predicted molar refractivity (Wildman–Crippen MR) is 108 cm³/mol. The SMILES string of the molecule is CCCn1c(C(C)N(CCN(C)C)C(=O)C2CC2)nc2ccccc2c1=O. The minimum atomic E-state index is -0.234. The van der Waals surface area contributed by atoms with Gasteiger partial charge in [0.2, 0.25) is 5.91 Å². The molecule has 1 fully saturated rings. The molecule has 6 heteroatoms. The van der Waals surface area contributed by atoms with Crippen molar-refractivity contribution in [2.45, 2.75) is 45.7 Å². The Labute approximate surface area is 160 Å².